The van der Waals surface area contributed by atoms with E-state index in [1.807, 2.05) is 74.5 Å². The maximum Gasteiger partial charge on any atom is 0.320 e. The molecular formula is C31H41N7O3. The Balaban J connectivity index is 0.00000253. The first-order valence-electron chi connectivity index (χ1n) is 13.8. The van der Waals surface area contributed by atoms with Gasteiger partial charge < -0.3 is 19.7 Å². The van der Waals surface area contributed by atoms with Gasteiger partial charge in [0.1, 0.15) is 23.2 Å². The number of morpholine rings is 1. The number of hydrogen-bond donors (Lipinski definition) is 2. The van der Waals surface area contributed by atoms with Gasteiger partial charge in [0.25, 0.3) is 0 Å². The van der Waals surface area contributed by atoms with Crippen LogP contribution in [0.1, 0.15) is 46.3 Å². The number of amides is 2. The van der Waals surface area contributed by atoms with Gasteiger partial charge in [-0.15, -0.1) is 0 Å². The highest BCUT2D eigenvalue weighted by Gasteiger charge is 2.22. The molecule has 1 saturated heterocycles. The molecule has 0 unspecified atom stereocenters. The molecule has 0 atom stereocenters. The predicted molar refractivity (Wildman–Crippen MR) is 163 cm³/mol. The van der Waals surface area contributed by atoms with Gasteiger partial charge >= 0.3 is 6.03 Å². The lowest BCUT2D eigenvalue weighted by molar-refractivity contribution is 0.122. The van der Waals surface area contributed by atoms with E-state index < -0.39 is 0 Å². The van der Waals surface area contributed by atoms with Gasteiger partial charge in [0.2, 0.25) is 5.88 Å². The van der Waals surface area contributed by atoms with Crippen LogP contribution in [-0.4, -0.2) is 52.1 Å². The fourth-order valence-corrected chi connectivity index (χ4v) is 4.45. The zero-order chi connectivity index (χ0) is 29.0. The maximum absolute atomic E-state index is 13.1. The number of para-hydroxylation sites is 1. The molecule has 2 amide bonds. The van der Waals surface area contributed by atoms with Crippen LogP contribution in [0, 0.1) is 13.8 Å². The molecule has 10 heteroatoms. The normalized spacial score (nSPS) is 13.6. The summed E-state index contributed by atoms with van der Waals surface area (Å²) < 4.78 is 13.4. The van der Waals surface area contributed by atoms with Crippen molar-refractivity contribution in [3.8, 4) is 17.3 Å². The zero-order valence-electron chi connectivity index (χ0n) is 24.3. The van der Waals surface area contributed by atoms with E-state index in [1.54, 1.807) is 4.68 Å². The van der Waals surface area contributed by atoms with Crippen molar-refractivity contribution in [3.63, 3.8) is 0 Å². The van der Waals surface area contributed by atoms with Crippen molar-refractivity contribution in [2.24, 2.45) is 0 Å². The van der Waals surface area contributed by atoms with Gasteiger partial charge in [0.15, 0.2) is 0 Å². The molecular weight excluding hydrogens is 518 g/mol. The molecule has 0 saturated carbocycles. The third kappa shape index (κ3) is 7.01. The van der Waals surface area contributed by atoms with Crippen molar-refractivity contribution < 1.29 is 17.1 Å². The molecule has 0 radical (unpaired) electrons. The number of anilines is 2. The quantitative estimate of drug-likeness (QED) is 0.285. The summed E-state index contributed by atoms with van der Waals surface area (Å²) in [5.74, 6) is 3.09. The highest BCUT2D eigenvalue weighted by Crippen LogP contribution is 2.28. The van der Waals surface area contributed by atoms with Gasteiger partial charge in [0.05, 0.1) is 24.6 Å². The molecule has 0 bridgehead atoms. The molecule has 41 heavy (non-hydrogen) atoms. The Morgan fingerprint density at radius 3 is 2.49 bits per heavy atom. The van der Waals surface area contributed by atoms with Gasteiger partial charge in [0, 0.05) is 45.6 Å². The highest BCUT2D eigenvalue weighted by molar-refractivity contribution is 5.88. The average molecular weight is 560 g/mol. The van der Waals surface area contributed by atoms with Crippen LogP contribution >= 0.6 is 0 Å². The summed E-state index contributed by atoms with van der Waals surface area (Å²) in [6.07, 6.45) is 0. The second-order valence-corrected chi connectivity index (χ2v) is 11.1. The molecule has 1 aliphatic heterocycles. The Hall–Kier alpha value is -4.44. The van der Waals surface area contributed by atoms with Crippen LogP contribution in [0.25, 0.3) is 5.69 Å². The Morgan fingerprint density at radius 2 is 1.76 bits per heavy atom. The van der Waals surface area contributed by atoms with E-state index in [0.717, 1.165) is 41.4 Å². The van der Waals surface area contributed by atoms with Crippen LogP contribution < -0.4 is 20.3 Å². The van der Waals surface area contributed by atoms with Crippen LogP contribution in [0.15, 0.2) is 60.7 Å². The standard InChI is InChI=1S/C31H37N7O3.2H2/c1-21-10-12-24(13-11-21)38-28(18-26(36-38)31(3,4)5)35-30(39)32-20-23-8-6-7-9-25(23)41-29-19-27(33-22(2)34-29)37-14-16-40-17-15-37;;/h6-13,18-19H,14-17,20H2,1-5H3,(H2,32,35,39);2*1H. The summed E-state index contributed by atoms with van der Waals surface area (Å²) >= 11 is 0. The van der Waals surface area contributed by atoms with Crippen LogP contribution in [0.3, 0.4) is 0 Å². The minimum Gasteiger partial charge on any atom is -0.438 e. The lowest BCUT2D eigenvalue weighted by Gasteiger charge is -2.28. The summed E-state index contributed by atoms with van der Waals surface area (Å²) in [4.78, 5) is 24.3. The highest BCUT2D eigenvalue weighted by atomic mass is 16.5. The molecule has 2 N–H and O–H groups in total. The first-order valence-corrected chi connectivity index (χ1v) is 13.8. The Bertz CT molecular complexity index is 1510. The molecule has 1 fully saturated rings. The molecule has 0 spiro atoms. The summed E-state index contributed by atoms with van der Waals surface area (Å²) in [5.41, 5.74) is 3.54. The van der Waals surface area contributed by atoms with E-state index >= 15 is 0 Å². The smallest absolute Gasteiger partial charge is 0.320 e. The number of ether oxygens (including phenoxy) is 2. The predicted octanol–water partition coefficient (Wildman–Crippen LogP) is 6.02. The molecule has 2 aromatic heterocycles. The Labute approximate surface area is 243 Å². The number of aryl methyl sites for hydroxylation is 2. The zero-order valence-corrected chi connectivity index (χ0v) is 24.3. The molecule has 0 aliphatic carbocycles. The third-order valence-corrected chi connectivity index (χ3v) is 6.76. The number of carbonyl (C=O) groups excluding carboxylic acids is 1. The third-order valence-electron chi connectivity index (χ3n) is 6.76. The molecule has 1 aliphatic rings. The lowest BCUT2D eigenvalue weighted by atomic mass is 9.92. The fourth-order valence-electron chi connectivity index (χ4n) is 4.45. The molecule has 2 aromatic carbocycles. The van der Waals surface area contributed by atoms with Gasteiger partial charge in [-0.3, -0.25) is 5.32 Å². The number of nitrogens with zero attached hydrogens (tertiary/aromatic N) is 5. The van der Waals surface area contributed by atoms with Crippen LogP contribution in [0.2, 0.25) is 0 Å². The summed E-state index contributed by atoms with van der Waals surface area (Å²) in [7, 11) is 0. The van der Waals surface area contributed by atoms with Crippen molar-refractivity contribution >= 4 is 17.7 Å². The van der Waals surface area contributed by atoms with E-state index in [0.29, 0.717) is 36.5 Å². The number of hydrogen-bond acceptors (Lipinski definition) is 7. The monoisotopic (exact) mass is 559 g/mol. The van der Waals surface area contributed by atoms with Crippen molar-refractivity contribution in [3.05, 3.63) is 83.3 Å². The number of urea groups is 1. The maximum atomic E-state index is 13.1. The molecule has 3 heterocycles. The number of rotatable bonds is 7. The SMILES string of the molecule is Cc1ccc(-n2nc(C(C)(C)C)cc2NC(=O)NCc2ccccc2Oc2cc(N3CCOCC3)nc(C)n2)cc1.[HH].[HH]. The van der Waals surface area contributed by atoms with E-state index in [1.165, 1.54) is 0 Å². The number of benzene rings is 2. The molecule has 10 nitrogen and oxygen atoms in total. The second-order valence-electron chi connectivity index (χ2n) is 11.1. The van der Waals surface area contributed by atoms with Crippen molar-refractivity contribution in [1.82, 2.24) is 25.1 Å². The van der Waals surface area contributed by atoms with Crippen LogP contribution in [-0.2, 0) is 16.7 Å². The number of nitrogens with one attached hydrogen (secondary N) is 2. The molecule has 5 rings (SSSR count). The summed E-state index contributed by atoms with van der Waals surface area (Å²) in [6, 6.07) is 19.0. The van der Waals surface area contributed by atoms with E-state index in [2.05, 4.69) is 46.3 Å². The van der Waals surface area contributed by atoms with Gasteiger partial charge in [-0.2, -0.15) is 10.1 Å². The minimum absolute atomic E-state index is 0. The van der Waals surface area contributed by atoms with Gasteiger partial charge in [-0.25, -0.2) is 14.5 Å². The van der Waals surface area contributed by atoms with Crippen LogP contribution in [0.4, 0.5) is 16.4 Å². The summed E-state index contributed by atoms with van der Waals surface area (Å²) in [6.45, 7) is 13.3. The molecule has 4 aromatic rings. The number of carbonyl (C=O) groups is 1. The van der Waals surface area contributed by atoms with Crippen molar-refractivity contribution in [2.75, 3.05) is 36.5 Å². The van der Waals surface area contributed by atoms with E-state index in [9.17, 15) is 4.79 Å². The van der Waals surface area contributed by atoms with Gasteiger partial charge in [-0.05, 0) is 32.0 Å². The van der Waals surface area contributed by atoms with Crippen molar-refractivity contribution in [1.29, 1.82) is 0 Å². The Morgan fingerprint density at radius 1 is 1.02 bits per heavy atom. The van der Waals surface area contributed by atoms with E-state index in [-0.39, 0.29) is 20.8 Å². The average Bonchev–Trinajstić information content (AvgIpc) is 3.37. The van der Waals surface area contributed by atoms with E-state index in [4.69, 9.17) is 14.6 Å². The first kappa shape index (κ1) is 28.1. The topological polar surface area (TPSA) is 106 Å². The Kier molecular flexibility index (Phi) is 8.21. The fraction of sp³-hybridized carbons (Fsp3) is 0.355. The largest absolute Gasteiger partial charge is 0.438 e. The van der Waals surface area contributed by atoms with Crippen molar-refractivity contribution in [2.45, 2.75) is 46.6 Å². The van der Waals surface area contributed by atoms with Crippen LogP contribution in [0.5, 0.6) is 11.6 Å². The first-order chi connectivity index (χ1) is 19.7. The number of aromatic nitrogens is 4. The lowest BCUT2D eigenvalue weighted by Crippen LogP contribution is -2.36. The van der Waals surface area contributed by atoms with Gasteiger partial charge in [-0.1, -0.05) is 56.7 Å². The summed E-state index contributed by atoms with van der Waals surface area (Å²) in [5, 5.41) is 10.7. The minimum atomic E-state index is -0.346. The second kappa shape index (κ2) is 12.0. The molecule has 218 valence electrons.